The average molecular weight is 309 g/mol. The predicted octanol–water partition coefficient (Wildman–Crippen LogP) is 0.950. The molecule has 0 atom stereocenters. The number of aromatic nitrogens is 1. The number of hydrogen-bond donors (Lipinski definition) is 0. The Hall–Kier alpha value is -1.19. The van der Waals surface area contributed by atoms with Crippen LogP contribution in [0.2, 0.25) is 0 Å². The predicted molar refractivity (Wildman–Crippen MR) is 65.5 cm³/mol. The molecule has 1 aromatic rings. The second kappa shape index (κ2) is 5.66. The zero-order valence-electron chi connectivity index (χ0n) is 10.5. The van der Waals surface area contributed by atoms with Crippen molar-refractivity contribution in [1.29, 1.82) is 0 Å². The molecule has 0 saturated carbocycles. The molecule has 1 aromatic heterocycles. The van der Waals surface area contributed by atoms with Crippen molar-refractivity contribution in [3.05, 3.63) is 24.5 Å². The number of pyridine rings is 1. The molecule has 0 spiro atoms. The van der Waals surface area contributed by atoms with Gasteiger partial charge in [-0.25, -0.2) is 8.42 Å². The maximum absolute atomic E-state index is 12.3. The third kappa shape index (κ3) is 3.68. The highest BCUT2D eigenvalue weighted by molar-refractivity contribution is 7.89. The molecule has 0 unspecified atom stereocenters. The van der Waals surface area contributed by atoms with Crippen molar-refractivity contribution < 1.29 is 21.6 Å². The molecule has 0 N–H and O–H groups in total. The first-order valence-corrected chi connectivity index (χ1v) is 7.42. The molecule has 0 bridgehead atoms. The zero-order chi connectivity index (χ0) is 14.8. The van der Waals surface area contributed by atoms with Crippen molar-refractivity contribution in [3.63, 3.8) is 0 Å². The van der Waals surface area contributed by atoms with Gasteiger partial charge in [0.15, 0.2) is 0 Å². The number of alkyl halides is 3. The van der Waals surface area contributed by atoms with Crippen LogP contribution in [-0.2, 0) is 10.0 Å². The molecular weight excluding hydrogens is 295 g/mol. The van der Waals surface area contributed by atoms with Gasteiger partial charge in [0.05, 0.1) is 6.54 Å². The van der Waals surface area contributed by atoms with Gasteiger partial charge >= 0.3 is 6.18 Å². The molecule has 2 rings (SSSR count). The summed E-state index contributed by atoms with van der Waals surface area (Å²) in [6.07, 6.45) is -1.57. The first kappa shape index (κ1) is 15.2. The van der Waals surface area contributed by atoms with E-state index in [-0.39, 0.29) is 31.1 Å². The molecule has 0 amide bonds. The number of piperazine rings is 1. The molecular formula is C11H14F3N3O2S. The van der Waals surface area contributed by atoms with Crippen LogP contribution < -0.4 is 0 Å². The van der Waals surface area contributed by atoms with Crippen LogP contribution in [0.3, 0.4) is 0 Å². The summed E-state index contributed by atoms with van der Waals surface area (Å²) in [6, 6.07) is 2.93. The van der Waals surface area contributed by atoms with Gasteiger partial charge in [-0.05, 0) is 12.1 Å². The Kier molecular flexibility index (Phi) is 4.31. The largest absolute Gasteiger partial charge is 0.401 e. The summed E-state index contributed by atoms with van der Waals surface area (Å²) in [4.78, 5) is 5.01. The summed E-state index contributed by atoms with van der Waals surface area (Å²) in [6.45, 7) is -0.771. The lowest BCUT2D eigenvalue weighted by molar-refractivity contribution is -0.148. The number of halogens is 3. The highest BCUT2D eigenvalue weighted by Gasteiger charge is 2.34. The minimum Gasteiger partial charge on any atom is -0.292 e. The molecule has 5 nitrogen and oxygen atoms in total. The molecule has 0 aliphatic carbocycles. The smallest absolute Gasteiger partial charge is 0.292 e. The van der Waals surface area contributed by atoms with Crippen molar-refractivity contribution in [2.45, 2.75) is 11.1 Å². The minimum atomic E-state index is -4.26. The van der Waals surface area contributed by atoms with Crippen molar-refractivity contribution in [2.24, 2.45) is 0 Å². The Morgan fingerprint density at radius 2 is 1.85 bits per heavy atom. The van der Waals surface area contributed by atoms with Crippen molar-refractivity contribution in [3.8, 4) is 0 Å². The second-order valence-electron chi connectivity index (χ2n) is 4.48. The van der Waals surface area contributed by atoms with Gasteiger partial charge in [0.25, 0.3) is 0 Å². The molecule has 1 aliphatic rings. The molecule has 1 saturated heterocycles. The topological polar surface area (TPSA) is 53.5 Å². The van der Waals surface area contributed by atoms with Gasteiger partial charge in [0, 0.05) is 38.6 Å². The van der Waals surface area contributed by atoms with Crippen LogP contribution in [0.1, 0.15) is 0 Å². The number of hydrogen-bond acceptors (Lipinski definition) is 4. The van der Waals surface area contributed by atoms with Gasteiger partial charge in [-0.2, -0.15) is 17.5 Å². The molecule has 0 aromatic carbocycles. The van der Waals surface area contributed by atoms with E-state index in [0.29, 0.717) is 0 Å². The van der Waals surface area contributed by atoms with E-state index in [4.69, 9.17) is 0 Å². The fourth-order valence-electron chi connectivity index (χ4n) is 2.03. The summed E-state index contributed by atoms with van der Waals surface area (Å²) in [5, 5.41) is 0. The first-order chi connectivity index (χ1) is 9.29. The fourth-order valence-corrected chi connectivity index (χ4v) is 3.42. The standard InChI is InChI=1S/C11H14F3N3O2S/c12-11(13,14)9-16-4-6-17(7-5-16)20(18,19)10-2-1-3-15-8-10/h1-3,8H,4-7,9H2. The van der Waals surface area contributed by atoms with Gasteiger partial charge in [-0.15, -0.1) is 0 Å². The molecule has 112 valence electrons. The summed E-state index contributed by atoms with van der Waals surface area (Å²) >= 11 is 0. The number of rotatable bonds is 3. The van der Waals surface area contributed by atoms with Crippen molar-refractivity contribution in [2.75, 3.05) is 32.7 Å². The first-order valence-electron chi connectivity index (χ1n) is 5.98. The van der Waals surface area contributed by atoms with Crippen LogP contribution in [-0.4, -0.2) is 61.5 Å². The maximum atomic E-state index is 12.3. The average Bonchev–Trinajstić information content (AvgIpc) is 2.38. The Morgan fingerprint density at radius 3 is 2.35 bits per heavy atom. The minimum absolute atomic E-state index is 0.0489. The van der Waals surface area contributed by atoms with E-state index in [1.807, 2.05) is 0 Å². The van der Waals surface area contributed by atoms with E-state index in [2.05, 4.69) is 4.98 Å². The Morgan fingerprint density at radius 1 is 1.20 bits per heavy atom. The second-order valence-corrected chi connectivity index (χ2v) is 6.42. The van der Waals surface area contributed by atoms with Crippen LogP contribution in [0.5, 0.6) is 0 Å². The Labute approximate surface area is 115 Å². The van der Waals surface area contributed by atoms with Crippen molar-refractivity contribution >= 4 is 10.0 Å². The summed E-state index contributed by atoms with van der Waals surface area (Å²) in [5.74, 6) is 0. The van der Waals surface area contributed by atoms with E-state index >= 15 is 0 Å². The Balaban J connectivity index is 2.01. The van der Waals surface area contributed by atoms with Crippen LogP contribution in [0.4, 0.5) is 13.2 Å². The molecule has 9 heteroatoms. The highest BCUT2D eigenvalue weighted by Crippen LogP contribution is 2.20. The maximum Gasteiger partial charge on any atom is 0.401 e. The SMILES string of the molecule is O=S(=O)(c1cccnc1)N1CCN(CC(F)(F)F)CC1. The third-order valence-electron chi connectivity index (χ3n) is 3.01. The van der Waals surface area contributed by atoms with E-state index in [9.17, 15) is 21.6 Å². The van der Waals surface area contributed by atoms with E-state index < -0.39 is 22.7 Å². The number of sulfonamides is 1. The van der Waals surface area contributed by atoms with Gasteiger partial charge in [-0.1, -0.05) is 0 Å². The van der Waals surface area contributed by atoms with E-state index in [1.165, 1.54) is 33.7 Å². The van der Waals surface area contributed by atoms with Gasteiger partial charge in [0.2, 0.25) is 10.0 Å². The van der Waals surface area contributed by atoms with Crippen LogP contribution in [0, 0.1) is 0 Å². The van der Waals surface area contributed by atoms with E-state index in [1.54, 1.807) is 0 Å². The lowest BCUT2D eigenvalue weighted by Gasteiger charge is -2.34. The zero-order valence-corrected chi connectivity index (χ0v) is 11.4. The fraction of sp³-hybridized carbons (Fsp3) is 0.545. The van der Waals surface area contributed by atoms with Crippen LogP contribution >= 0.6 is 0 Å². The lowest BCUT2D eigenvalue weighted by Crippen LogP contribution is -2.50. The van der Waals surface area contributed by atoms with Gasteiger partial charge in [-0.3, -0.25) is 9.88 Å². The van der Waals surface area contributed by atoms with Crippen LogP contribution in [0.15, 0.2) is 29.4 Å². The Bertz CT molecular complexity index is 540. The third-order valence-corrected chi connectivity index (χ3v) is 4.89. The molecule has 0 radical (unpaired) electrons. The highest BCUT2D eigenvalue weighted by atomic mass is 32.2. The molecule has 1 aliphatic heterocycles. The van der Waals surface area contributed by atoms with Gasteiger partial charge in [0.1, 0.15) is 4.90 Å². The molecule has 2 heterocycles. The summed E-state index contributed by atoms with van der Waals surface area (Å²) in [5.41, 5.74) is 0. The van der Waals surface area contributed by atoms with Gasteiger partial charge < -0.3 is 0 Å². The quantitative estimate of drug-likeness (QED) is 0.834. The molecule has 20 heavy (non-hydrogen) atoms. The monoisotopic (exact) mass is 309 g/mol. The normalized spacial score (nSPS) is 19.1. The number of nitrogens with zero attached hydrogens (tertiary/aromatic N) is 3. The summed E-state index contributed by atoms with van der Waals surface area (Å²) < 4.78 is 62.4. The van der Waals surface area contributed by atoms with E-state index in [0.717, 1.165) is 0 Å². The summed E-state index contributed by atoms with van der Waals surface area (Å²) in [7, 11) is -3.67. The van der Waals surface area contributed by atoms with Crippen molar-refractivity contribution in [1.82, 2.24) is 14.2 Å². The lowest BCUT2D eigenvalue weighted by atomic mass is 10.3. The van der Waals surface area contributed by atoms with Crippen LogP contribution in [0.25, 0.3) is 0 Å². The molecule has 1 fully saturated rings.